The third kappa shape index (κ3) is 4.07. The smallest absolute Gasteiger partial charge is 0.272 e. The minimum Gasteiger partial charge on any atom is -0.348 e. The van der Waals surface area contributed by atoms with E-state index in [0.29, 0.717) is 12.2 Å². The lowest BCUT2D eigenvalue weighted by Gasteiger charge is -2.11. The van der Waals surface area contributed by atoms with Gasteiger partial charge in [-0.15, -0.1) is 11.3 Å². The predicted octanol–water partition coefficient (Wildman–Crippen LogP) is 5.13. The molecular formula is C23H24N4OS. The minimum absolute atomic E-state index is 0.101. The van der Waals surface area contributed by atoms with Crippen LogP contribution in [-0.4, -0.2) is 26.7 Å². The molecule has 1 aromatic carbocycles. The van der Waals surface area contributed by atoms with Crippen molar-refractivity contribution in [2.45, 2.75) is 39.3 Å². The summed E-state index contributed by atoms with van der Waals surface area (Å²) in [5.41, 5.74) is 3.28. The number of rotatable bonds is 7. The lowest BCUT2D eigenvalue weighted by Crippen LogP contribution is -2.32. The van der Waals surface area contributed by atoms with E-state index in [2.05, 4.69) is 35.4 Å². The number of nitrogens with one attached hydrogen (secondary N) is 1. The van der Waals surface area contributed by atoms with Crippen molar-refractivity contribution in [3.8, 4) is 10.4 Å². The average Bonchev–Trinajstić information content (AvgIpc) is 3.37. The molecule has 5 nitrogen and oxygen atoms in total. The first-order chi connectivity index (χ1) is 14.2. The Labute approximate surface area is 174 Å². The van der Waals surface area contributed by atoms with Crippen molar-refractivity contribution < 1.29 is 4.79 Å². The SMILES string of the molecule is CCC[C@H](C)NC(=O)c1nn(Cc2ccccc2)c2nccc(-c3cccs3)c12. The highest BCUT2D eigenvalue weighted by Crippen LogP contribution is 2.33. The Kier molecular flexibility index (Phi) is 5.71. The van der Waals surface area contributed by atoms with Crippen LogP contribution >= 0.6 is 11.3 Å². The first-order valence-electron chi connectivity index (χ1n) is 9.91. The maximum atomic E-state index is 13.1. The van der Waals surface area contributed by atoms with Crippen molar-refractivity contribution in [1.82, 2.24) is 20.1 Å². The number of thiophene rings is 1. The minimum atomic E-state index is -0.145. The summed E-state index contributed by atoms with van der Waals surface area (Å²) in [6.45, 7) is 4.71. The Balaban J connectivity index is 1.83. The molecule has 0 saturated heterocycles. The largest absolute Gasteiger partial charge is 0.348 e. The van der Waals surface area contributed by atoms with Crippen molar-refractivity contribution in [3.05, 3.63) is 71.4 Å². The second kappa shape index (κ2) is 8.57. The Morgan fingerprint density at radius 1 is 1.17 bits per heavy atom. The van der Waals surface area contributed by atoms with E-state index in [1.165, 1.54) is 0 Å². The van der Waals surface area contributed by atoms with Crippen LogP contribution in [0.15, 0.2) is 60.1 Å². The molecule has 29 heavy (non-hydrogen) atoms. The molecule has 0 saturated carbocycles. The van der Waals surface area contributed by atoms with Gasteiger partial charge in [0.1, 0.15) is 0 Å². The van der Waals surface area contributed by atoms with E-state index >= 15 is 0 Å². The molecular weight excluding hydrogens is 380 g/mol. The van der Waals surface area contributed by atoms with E-state index in [1.807, 2.05) is 47.3 Å². The monoisotopic (exact) mass is 404 g/mol. The van der Waals surface area contributed by atoms with Crippen LogP contribution in [0.25, 0.3) is 21.5 Å². The van der Waals surface area contributed by atoms with Gasteiger partial charge >= 0.3 is 0 Å². The molecule has 0 aliphatic carbocycles. The summed E-state index contributed by atoms with van der Waals surface area (Å²) in [5.74, 6) is -0.145. The predicted molar refractivity (Wildman–Crippen MR) is 118 cm³/mol. The van der Waals surface area contributed by atoms with Crippen molar-refractivity contribution in [2.24, 2.45) is 0 Å². The summed E-state index contributed by atoms with van der Waals surface area (Å²) in [7, 11) is 0. The Bertz CT molecular complexity index is 1100. The molecule has 3 heterocycles. The molecule has 0 bridgehead atoms. The molecule has 3 aromatic heterocycles. The maximum absolute atomic E-state index is 13.1. The fourth-order valence-electron chi connectivity index (χ4n) is 3.56. The van der Waals surface area contributed by atoms with Gasteiger partial charge in [0, 0.05) is 22.7 Å². The van der Waals surface area contributed by atoms with E-state index in [0.717, 1.165) is 39.9 Å². The quantitative estimate of drug-likeness (QED) is 0.465. The highest BCUT2D eigenvalue weighted by Gasteiger charge is 2.23. The van der Waals surface area contributed by atoms with Gasteiger partial charge in [-0.1, -0.05) is 49.7 Å². The second-order valence-electron chi connectivity index (χ2n) is 7.19. The van der Waals surface area contributed by atoms with Crippen molar-refractivity contribution in [2.75, 3.05) is 0 Å². The van der Waals surface area contributed by atoms with Gasteiger partial charge in [0.15, 0.2) is 11.3 Å². The van der Waals surface area contributed by atoms with Crippen LogP contribution in [-0.2, 0) is 6.54 Å². The number of fused-ring (bicyclic) bond motifs is 1. The zero-order valence-electron chi connectivity index (χ0n) is 16.6. The lowest BCUT2D eigenvalue weighted by atomic mass is 10.1. The third-order valence-corrected chi connectivity index (χ3v) is 5.81. The van der Waals surface area contributed by atoms with Crippen LogP contribution in [0.4, 0.5) is 0 Å². The number of benzene rings is 1. The van der Waals surface area contributed by atoms with Gasteiger partial charge in [0.05, 0.1) is 11.9 Å². The fraction of sp³-hybridized carbons (Fsp3) is 0.261. The highest BCUT2D eigenvalue weighted by atomic mass is 32.1. The number of carbonyl (C=O) groups excluding carboxylic acids is 1. The summed E-state index contributed by atoms with van der Waals surface area (Å²) in [5, 5.41) is 10.7. The number of amides is 1. The first-order valence-corrected chi connectivity index (χ1v) is 10.8. The zero-order chi connectivity index (χ0) is 20.2. The molecule has 4 rings (SSSR count). The molecule has 4 aromatic rings. The summed E-state index contributed by atoms with van der Waals surface area (Å²) in [6.07, 6.45) is 3.75. The molecule has 0 aliphatic rings. The number of pyridine rings is 1. The average molecular weight is 405 g/mol. The molecule has 6 heteroatoms. The number of nitrogens with zero attached hydrogens (tertiary/aromatic N) is 3. The van der Waals surface area contributed by atoms with Gasteiger partial charge in [0.2, 0.25) is 0 Å². The van der Waals surface area contributed by atoms with Crippen LogP contribution in [0.2, 0.25) is 0 Å². The van der Waals surface area contributed by atoms with E-state index in [4.69, 9.17) is 5.10 Å². The highest BCUT2D eigenvalue weighted by molar-refractivity contribution is 7.13. The van der Waals surface area contributed by atoms with Crippen LogP contribution in [0.3, 0.4) is 0 Å². The number of hydrogen-bond acceptors (Lipinski definition) is 4. The molecule has 1 atom stereocenters. The van der Waals surface area contributed by atoms with Crippen molar-refractivity contribution in [1.29, 1.82) is 0 Å². The number of aromatic nitrogens is 3. The second-order valence-corrected chi connectivity index (χ2v) is 8.14. The van der Waals surface area contributed by atoms with Gasteiger partial charge in [-0.2, -0.15) is 5.10 Å². The van der Waals surface area contributed by atoms with E-state index in [-0.39, 0.29) is 11.9 Å². The Morgan fingerprint density at radius 3 is 2.72 bits per heavy atom. The molecule has 0 unspecified atom stereocenters. The maximum Gasteiger partial charge on any atom is 0.272 e. The molecule has 0 aliphatic heterocycles. The summed E-state index contributed by atoms with van der Waals surface area (Å²) < 4.78 is 1.83. The Hall–Kier alpha value is -2.99. The third-order valence-electron chi connectivity index (χ3n) is 4.91. The molecule has 1 N–H and O–H groups in total. The standard InChI is InChI=1S/C23H24N4OS/c1-3-8-16(2)25-23(28)21-20-18(19-11-7-14-29-19)12-13-24-22(20)27(26-21)15-17-9-5-4-6-10-17/h4-7,9-14,16H,3,8,15H2,1-2H3,(H,25,28)/t16-/m0/s1. The van der Waals surface area contributed by atoms with Crippen molar-refractivity contribution >= 4 is 28.3 Å². The zero-order valence-corrected chi connectivity index (χ0v) is 17.4. The lowest BCUT2D eigenvalue weighted by molar-refractivity contribution is 0.0934. The van der Waals surface area contributed by atoms with Crippen molar-refractivity contribution in [3.63, 3.8) is 0 Å². The summed E-state index contributed by atoms with van der Waals surface area (Å²) >= 11 is 1.65. The van der Waals surface area contributed by atoms with E-state index < -0.39 is 0 Å². The number of hydrogen-bond donors (Lipinski definition) is 1. The Morgan fingerprint density at radius 2 is 2.00 bits per heavy atom. The normalized spacial score (nSPS) is 12.2. The summed E-state index contributed by atoms with van der Waals surface area (Å²) in [6, 6.07) is 16.3. The molecule has 0 radical (unpaired) electrons. The van der Waals surface area contributed by atoms with Crippen LogP contribution in [0, 0.1) is 0 Å². The van der Waals surface area contributed by atoms with Gasteiger partial charge in [-0.05, 0) is 36.4 Å². The van der Waals surface area contributed by atoms with Crippen LogP contribution < -0.4 is 5.32 Å². The van der Waals surface area contributed by atoms with E-state index in [1.54, 1.807) is 17.5 Å². The topological polar surface area (TPSA) is 59.8 Å². The number of carbonyl (C=O) groups is 1. The van der Waals surface area contributed by atoms with E-state index in [9.17, 15) is 4.79 Å². The van der Waals surface area contributed by atoms with Gasteiger partial charge in [0.25, 0.3) is 5.91 Å². The van der Waals surface area contributed by atoms with Crippen LogP contribution in [0.1, 0.15) is 42.7 Å². The molecule has 1 amide bonds. The van der Waals surface area contributed by atoms with Gasteiger partial charge < -0.3 is 5.32 Å². The first kappa shape index (κ1) is 19.3. The van der Waals surface area contributed by atoms with Crippen LogP contribution in [0.5, 0.6) is 0 Å². The van der Waals surface area contributed by atoms with Gasteiger partial charge in [-0.3, -0.25) is 4.79 Å². The fourth-order valence-corrected chi connectivity index (χ4v) is 4.32. The molecule has 0 spiro atoms. The van der Waals surface area contributed by atoms with Gasteiger partial charge in [-0.25, -0.2) is 9.67 Å². The molecule has 0 fully saturated rings. The molecule has 148 valence electrons. The summed E-state index contributed by atoms with van der Waals surface area (Å²) in [4.78, 5) is 18.8.